The molecule has 3 rings (SSSR count). The molecule has 0 saturated heterocycles. The van der Waals surface area contributed by atoms with Gasteiger partial charge in [-0.3, -0.25) is 0 Å². The molecule has 0 radical (unpaired) electrons. The minimum Gasteiger partial charge on any atom is -0.465 e. The lowest BCUT2D eigenvalue weighted by Gasteiger charge is -2.19. The predicted octanol–water partition coefficient (Wildman–Crippen LogP) is 5.06. The summed E-state index contributed by atoms with van der Waals surface area (Å²) in [4.78, 5) is 24.2. The summed E-state index contributed by atoms with van der Waals surface area (Å²) < 4.78 is 21.3. The van der Waals surface area contributed by atoms with Gasteiger partial charge in [-0.05, 0) is 56.2 Å². The van der Waals surface area contributed by atoms with Gasteiger partial charge in [-0.25, -0.2) is 9.59 Å². The second kappa shape index (κ2) is 9.22. The van der Waals surface area contributed by atoms with Crippen LogP contribution in [0, 0.1) is 0 Å². The molecule has 0 unspecified atom stereocenters. The van der Waals surface area contributed by atoms with Crippen LogP contribution in [0.5, 0.6) is 0 Å². The topological polar surface area (TPSA) is 87.0 Å². The highest BCUT2D eigenvalue weighted by molar-refractivity contribution is 6.01. The second-order valence-electron chi connectivity index (χ2n) is 8.14. The van der Waals surface area contributed by atoms with Crippen LogP contribution in [0.25, 0.3) is 22.1 Å². The predicted molar refractivity (Wildman–Crippen MR) is 117 cm³/mol. The Morgan fingerprint density at radius 1 is 1.06 bits per heavy atom. The third kappa shape index (κ3) is 5.64. The summed E-state index contributed by atoms with van der Waals surface area (Å²) in [7, 11) is 2.94. The minimum absolute atomic E-state index is 0.301. The first-order valence-electron chi connectivity index (χ1n) is 9.90. The first-order chi connectivity index (χ1) is 14.7. The van der Waals surface area contributed by atoms with E-state index >= 15 is 0 Å². The Labute approximate surface area is 181 Å². The van der Waals surface area contributed by atoms with E-state index in [1.807, 2.05) is 51.1 Å². The van der Waals surface area contributed by atoms with Crippen molar-refractivity contribution in [3.63, 3.8) is 0 Å². The molecule has 1 aromatic heterocycles. The van der Waals surface area contributed by atoms with Crippen molar-refractivity contribution in [1.29, 1.82) is 0 Å². The Morgan fingerprint density at radius 3 is 2.52 bits per heavy atom. The molecule has 0 aliphatic carbocycles. The Hall–Kier alpha value is -3.32. The lowest BCUT2D eigenvalue weighted by molar-refractivity contribution is 0.0522. The number of carbonyl (C=O) groups excluding carboxylic acids is 2. The first-order valence-corrected chi connectivity index (χ1v) is 9.90. The molecule has 0 spiro atoms. The van der Waals surface area contributed by atoms with Crippen molar-refractivity contribution >= 4 is 23.0 Å². The van der Waals surface area contributed by atoms with Crippen LogP contribution in [0.3, 0.4) is 0 Å². The summed E-state index contributed by atoms with van der Waals surface area (Å²) in [6.07, 6.45) is -0.483. The molecule has 0 atom stereocenters. The van der Waals surface area contributed by atoms with Crippen LogP contribution in [0.4, 0.5) is 4.79 Å². The molecule has 2 aromatic carbocycles. The molecule has 0 fully saturated rings. The highest BCUT2D eigenvalue weighted by atomic mass is 16.6. The molecule has 7 heteroatoms. The fourth-order valence-electron chi connectivity index (χ4n) is 3.21. The zero-order valence-corrected chi connectivity index (χ0v) is 18.4. The van der Waals surface area contributed by atoms with E-state index < -0.39 is 17.7 Å². The van der Waals surface area contributed by atoms with E-state index in [-0.39, 0.29) is 0 Å². The van der Waals surface area contributed by atoms with Gasteiger partial charge in [0.1, 0.15) is 23.6 Å². The standard InChI is InChI=1S/C24H27NO6/c1-24(2,3)31-23(27)25-13-15-7-6-8-16(9-15)20-12-18(22(26)29-5)10-17-11-19(14-28-4)30-21(17)20/h6-12H,13-14H2,1-5H3,(H,25,27). The van der Waals surface area contributed by atoms with Gasteiger partial charge in [-0.15, -0.1) is 0 Å². The van der Waals surface area contributed by atoms with E-state index in [9.17, 15) is 9.59 Å². The van der Waals surface area contributed by atoms with Gasteiger partial charge in [0.15, 0.2) is 0 Å². The molecule has 1 amide bonds. The summed E-state index contributed by atoms with van der Waals surface area (Å²) in [5.74, 6) is 0.226. The van der Waals surface area contributed by atoms with Crippen molar-refractivity contribution in [2.24, 2.45) is 0 Å². The molecule has 1 heterocycles. The highest BCUT2D eigenvalue weighted by Gasteiger charge is 2.18. The van der Waals surface area contributed by atoms with E-state index in [1.165, 1.54) is 7.11 Å². The van der Waals surface area contributed by atoms with E-state index in [1.54, 1.807) is 19.2 Å². The average molecular weight is 425 g/mol. The maximum atomic E-state index is 12.2. The molecule has 7 nitrogen and oxygen atoms in total. The summed E-state index contributed by atoms with van der Waals surface area (Å²) in [5, 5.41) is 3.54. The second-order valence-corrected chi connectivity index (χ2v) is 8.14. The van der Waals surface area contributed by atoms with Crippen LogP contribution in [-0.2, 0) is 27.4 Å². The normalized spacial score (nSPS) is 11.4. The van der Waals surface area contributed by atoms with Crippen LogP contribution in [0.2, 0.25) is 0 Å². The van der Waals surface area contributed by atoms with Gasteiger partial charge >= 0.3 is 12.1 Å². The number of ether oxygens (including phenoxy) is 3. The Balaban J connectivity index is 1.95. The first kappa shape index (κ1) is 22.4. The molecule has 0 aliphatic heterocycles. The maximum Gasteiger partial charge on any atom is 0.407 e. The lowest BCUT2D eigenvalue weighted by Crippen LogP contribution is -2.32. The van der Waals surface area contributed by atoms with Crippen molar-refractivity contribution in [2.45, 2.75) is 39.5 Å². The molecular formula is C24H27NO6. The van der Waals surface area contributed by atoms with Crippen molar-refractivity contribution in [3.05, 3.63) is 59.4 Å². The number of hydrogen-bond donors (Lipinski definition) is 1. The number of esters is 1. The van der Waals surface area contributed by atoms with Gasteiger partial charge in [-0.1, -0.05) is 18.2 Å². The molecule has 164 valence electrons. The number of alkyl carbamates (subject to hydrolysis) is 1. The fourth-order valence-corrected chi connectivity index (χ4v) is 3.21. The van der Waals surface area contributed by atoms with E-state index in [2.05, 4.69) is 5.32 Å². The van der Waals surface area contributed by atoms with Gasteiger partial charge in [0.2, 0.25) is 0 Å². The minimum atomic E-state index is -0.564. The largest absolute Gasteiger partial charge is 0.465 e. The molecule has 1 N–H and O–H groups in total. The maximum absolute atomic E-state index is 12.2. The highest BCUT2D eigenvalue weighted by Crippen LogP contribution is 2.33. The zero-order valence-electron chi connectivity index (χ0n) is 18.4. The van der Waals surface area contributed by atoms with Crippen LogP contribution in [0.1, 0.15) is 42.5 Å². The number of amides is 1. The number of carbonyl (C=O) groups is 2. The lowest BCUT2D eigenvalue weighted by atomic mass is 9.98. The fraction of sp³-hybridized carbons (Fsp3) is 0.333. The van der Waals surface area contributed by atoms with Crippen LogP contribution >= 0.6 is 0 Å². The van der Waals surface area contributed by atoms with Gasteiger partial charge in [0.25, 0.3) is 0 Å². The van der Waals surface area contributed by atoms with Gasteiger partial charge in [-0.2, -0.15) is 0 Å². The monoisotopic (exact) mass is 425 g/mol. The van der Waals surface area contributed by atoms with Crippen LogP contribution < -0.4 is 5.32 Å². The number of methoxy groups -OCH3 is 2. The molecule has 0 aliphatic rings. The number of rotatable bonds is 6. The molecule has 3 aromatic rings. The number of nitrogens with one attached hydrogen (secondary N) is 1. The van der Waals surface area contributed by atoms with Crippen LogP contribution in [-0.4, -0.2) is 31.9 Å². The van der Waals surface area contributed by atoms with Gasteiger partial charge in [0.05, 0.1) is 12.7 Å². The summed E-state index contributed by atoms with van der Waals surface area (Å²) in [6.45, 7) is 6.06. The van der Waals surface area contributed by atoms with Gasteiger partial charge < -0.3 is 23.9 Å². The molecule has 0 bridgehead atoms. The Kier molecular flexibility index (Phi) is 6.65. The van der Waals surface area contributed by atoms with Crippen molar-refractivity contribution in [1.82, 2.24) is 5.32 Å². The number of benzene rings is 2. The average Bonchev–Trinajstić information content (AvgIpc) is 3.12. The molecule has 31 heavy (non-hydrogen) atoms. The number of hydrogen-bond acceptors (Lipinski definition) is 6. The Morgan fingerprint density at radius 2 is 1.84 bits per heavy atom. The van der Waals surface area contributed by atoms with Crippen LogP contribution in [0.15, 0.2) is 46.9 Å². The zero-order chi connectivity index (χ0) is 22.6. The SMILES string of the molecule is COCc1cc2cc(C(=O)OC)cc(-c3cccc(CNC(=O)OC(C)(C)C)c3)c2o1. The van der Waals surface area contributed by atoms with Gasteiger partial charge in [0, 0.05) is 24.6 Å². The summed E-state index contributed by atoms with van der Waals surface area (Å²) in [5.41, 5.74) is 2.98. The summed E-state index contributed by atoms with van der Waals surface area (Å²) >= 11 is 0. The number of fused-ring (bicyclic) bond motifs is 1. The van der Waals surface area contributed by atoms with E-state index in [0.29, 0.717) is 30.1 Å². The quantitative estimate of drug-likeness (QED) is 0.556. The summed E-state index contributed by atoms with van der Waals surface area (Å²) in [6, 6.07) is 13.0. The smallest absolute Gasteiger partial charge is 0.407 e. The van der Waals surface area contributed by atoms with Crippen molar-refractivity contribution < 1.29 is 28.2 Å². The molecule has 0 saturated carbocycles. The van der Waals surface area contributed by atoms with E-state index in [4.69, 9.17) is 18.6 Å². The third-order valence-electron chi connectivity index (χ3n) is 4.45. The third-order valence-corrected chi connectivity index (χ3v) is 4.45. The van der Waals surface area contributed by atoms with Crippen molar-refractivity contribution in [3.8, 4) is 11.1 Å². The van der Waals surface area contributed by atoms with E-state index in [0.717, 1.165) is 22.1 Å². The Bertz CT molecular complexity index is 1090. The number of furan rings is 1. The molecular weight excluding hydrogens is 398 g/mol. The van der Waals surface area contributed by atoms with Crippen molar-refractivity contribution in [2.75, 3.05) is 14.2 Å².